The number of nitrogens with one attached hydrogen (secondary N) is 1. The molecule has 0 fully saturated rings. The number of rotatable bonds is 15. The third-order valence-corrected chi connectivity index (χ3v) is 7.52. The molecule has 0 amide bonds. The van der Waals surface area contributed by atoms with E-state index in [1.807, 2.05) is 84.9 Å². The number of ether oxygens (including phenoxy) is 3. The minimum absolute atomic E-state index is 0.185. The molecule has 1 N–H and O–H groups in total. The van der Waals surface area contributed by atoms with Gasteiger partial charge in [-0.15, -0.1) is 0 Å². The molecule has 0 radical (unpaired) electrons. The van der Waals surface area contributed by atoms with E-state index in [0.29, 0.717) is 47.9 Å². The van der Waals surface area contributed by atoms with E-state index >= 15 is 0 Å². The van der Waals surface area contributed by atoms with Gasteiger partial charge in [0, 0.05) is 5.69 Å². The lowest BCUT2D eigenvalue weighted by Crippen LogP contribution is -2.15. The summed E-state index contributed by atoms with van der Waals surface area (Å²) in [6, 6.07) is 39.2. The van der Waals surface area contributed by atoms with Crippen LogP contribution in [0.2, 0.25) is 0 Å². The summed E-state index contributed by atoms with van der Waals surface area (Å²) in [6.07, 6.45) is 0.228. The van der Waals surface area contributed by atoms with Gasteiger partial charge < -0.3 is 19.5 Å². The lowest BCUT2D eigenvalue weighted by atomic mass is 9.97. The molecule has 0 spiro atoms. The SMILES string of the molecule is CCOC(=O)/C(CC[C@H](OCc1ccccc1)c1ccc(F)cc1)=C(\Nc1ccc(F)cc1)c1ccc(OCc2ccccc2)cc1. The van der Waals surface area contributed by atoms with Gasteiger partial charge in [0.05, 0.1) is 30.6 Å². The Morgan fingerprint density at radius 3 is 1.87 bits per heavy atom. The number of anilines is 1. The Bertz CT molecular complexity index is 1720. The molecule has 240 valence electrons. The van der Waals surface area contributed by atoms with Crippen LogP contribution < -0.4 is 10.1 Å². The number of hydrogen-bond donors (Lipinski definition) is 1. The Kier molecular flexibility index (Phi) is 11.9. The summed E-state index contributed by atoms with van der Waals surface area (Å²) in [6.45, 7) is 2.70. The van der Waals surface area contributed by atoms with Crippen molar-refractivity contribution < 1.29 is 27.8 Å². The van der Waals surface area contributed by atoms with Crippen molar-refractivity contribution in [2.24, 2.45) is 0 Å². The highest BCUT2D eigenvalue weighted by atomic mass is 19.1. The summed E-state index contributed by atoms with van der Waals surface area (Å²) in [4.78, 5) is 13.6. The fraction of sp³-hybridized carbons (Fsp3) is 0.175. The van der Waals surface area contributed by atoms with Gasteiger partial charge in [-0.2, -0.15) is 0 Å². The van der Waals surface area contributed by atoms with Crippen molar-refractivity contribution in [2.45, 2.75) is 39.1 Å². The first-order valence-electron chi connectivity index (χ1n) is 15.6. The second-order valence-corrected chi connectivity index (χ2v) is 10.9. The average molecular weight is 634 g/mol. The molecule has 5 aromatic carbocycles. The first-order chi connectivity index (χ1) is 23.0. The van der Waals surface area contributed by atoms with Crippen LogP contribution in [0.1, 0.15) is 48.1 Å². The summed E-state index contributed by atoms with van der Waals surface area (Å²) in [5.41, 5.74) is 5.06. The topological polar surface area (TPSA) is 56.8 Å². The Morgan fingerprint density at radius 1 is 0.702 bits per heavy atom. The van der Waals surface area contributed by atoms with Crippen molar-refractivity contribution in [3.05, 3.63) is 173 Å². The molecular formula is C40H37F2NO4. The molecule has 47 heavy (non-hydrogen) atoms. The van der Waals surface area contributed by atoms with Gasteiger partial charge in [-0.1, -0.05) is 72.8 Å². The van der Waals surface area contributed by atoms with Crippen molar-refractivity contribution in [1.82, 2.24) is 0 Å². The van der Waals surface area contributed by atoms with E-state index in [0.717, 1.165) is 16.7 Å². The van der Waals surface area contributed by atoms with Crippen molar-refractivity contribution in [3.63, 3.8) is 0 Å². The van der Waals surface area contributed by atoms with Crippen molar-refractivity contribution >= 4 is 17.4 Å². The fourth-order valence-corrected chi connectivity index (χ4v) is 5.08. The van der Waals surface area contributed by atoms with Crippen LogP contribution in [0.3, 0.4) is 0 Å². The lowest BCUT2D eigenvalue weighted by molar-refractivity contribution is -0.138. The number of carbonyl (C=O) groups excluding carboxylic acids is 1. The Labute approximate surface area is 274 Å². The molecular weight excluding hydrogens is 596 g/mol. The van der Waals surface area contributed by atoms with Gasteiger partial charge in [-0.25, -0.2) is 13.6 Å². The van der Waals surface area contributed by atoms with Gasteiger partial charge in [0.15, 0.2) is 0 Å². The predicted octanol–water partition coefficient (Wildman–Crippen LogP) is 9.67. The average Bonchev–Trinajstić information content (AvgIpc) is 3.11. The van der Waals surface area contributed by atoms with Crippen LogP contribution in [0, 0.1) is 11.6 Å². The number of esters is 1. The van der Waals surface area contributed by atoms with Crippen molar-refractivity contribution in [2.75, 3.05) is 11.9 Å². The third-order valence-electron chi connectivity index (χ3n) is 7.52. The Hall–Kier alpha value is -5.27. The first-order valence-corrected chi connectivity index (χ1v) is 15.6. The molecule has 0 saturated carbocycles. The molecule has 0 aliphatic rings. The summed E-state index contributed by atoms with van der Waals surface area (Å²) < 4.78 is 45.5. The summed E-state index contributed by atoms with van der Waals surface area (Å²) in [5, 5.41) is 3.35. The Morgan fingerprint density at radius 2 is 1.28 bits per heavy atom. The lowest BCUT2D eigenvalue weighted by Gasteiger charge is -2.22. The maximum absolute atomic E-state index is 13.8. The molecule has 0 unspecified atom stereocenters. The maximum atomic E-state index is 13.8. The molecule has 0 aliphatic heterocycles. The normalized spacial score (nSPS) is 12.1. The second-order valence-electron chi connectivity index (χ2n) is 10.9. The molecule has 0 aromatic heterocycles. The molecule has 7 heteroatoms. The number of hydrogen-bond acceptors (Lipinski definition) is 5. The van der Waals surface area contributed by atoms with Crippen LogP contribution >= 0.6 is 0 Å². The van der Waals surface area contributed by atoms with Gasteiger partial charge in [0.2, 0.25) is 0 Å². The molecule has 5 rings (SSSR count). The quantitative estimate of drug-likeness (QED) is 0.0919. The predicted molar refractivity (Wildman–Crippen MR) is 180 cm³/mol. The second kappa shape index (κ2) is 16.9. The van der Waals surface area contributed by atoms with Crippen LogP contribution in [-0.4, -0.2) is 12.6 Å². The van der Waals surface area contributed by atoms with Crippen LogP contribution in [0.25, 0.3) is 5.70 Å². The van der Waals surface area contributed by atoms with E-state index in [9.17, 15) is 13.6 Å². The van der Waals surface area contributed by atoms with Gasteiger partial charge in [-0.05, 0) is 103 Å². The Balaban J connectivity index is 1.47. The van der Waals surface area contributed by atoms with Gasteiger partial charge in [0.1, 0.15) is 24.0 Å². The highest BCUT2D eigenvalue weighted by Crippen LogP contribution is 2.32. The first kappa shape index (κ1) is 33.1. The van der Waals surface area contributed by atoms with E-state index in [1.54, 1.807) is 31.2 Å². The highest BCUT2D eigenvalue weighted by Gasteiger charge is 2.22. The van der Waals surface area contributed by atoms with Crippen molar-refractivity contribution in [3.8, 4) is 5.75 Å². The summed E-state index contributed by atoms with van der Waals surface area (Å²) >= 11 is 0. The monoisotopic (exact) mass is 633 g/mol. The summed E-state index contributed by atoms with van der Waals surface area (Å²) in [5.74, 6) is -0.529. The zero-order valence-corrected chi connectivity index (χ0v) is 26.2. The van der Waals surface area contributed by atoms with Gasteiger partial charge in [0.25, 0.3) is 0 Å². The van der Waals surface area contributed by atoms with E-state index in [2.05, 4.69) is 5.32 Å². The standard InChI is InChI=1S/C40H37F2NO4/c1-2-45-40(44)37(25-26-38(31-13-17-33(41)18-14-31)47-28-30-11-7-4-8-12-30)39(43-35-21-19-34(42)20-22-35)32-15-23-36(24-16-32)46-27-29-9-5-3-6-10-29/h3-24,38,43H,2,25-28H2,1H3/b39-37-/t38-/m0/s1. The van der Waals surface area contributed by atoms with E-state index in [4.69, 9.17) is 14.2 Å². The minimum Gasteiger partial charge on any atom is -0.489 e. The fourth-order valence-electron chi connectivity index (χ4n) is 5.08. The van der Waals surface area contributed by atoms with Crippen LogP contribution in [0.5, 0.6) is 5.75 Å². The molecule has 5 nitrogen and oxygen atoms in total. The van der Waals surface area contributed by atoms with Crippen LogP contribution in [-0.2, 0) is 27.5 Å². The molecule has 0 bridgehead atoms. The third kappa shape index (κ3) is 9.86. The maximum Gasteiger partial charge on any atom is 0.336 e. The van der Waals surface area contributed by atoms with Gasteiger partial charge in [-0.3, -0.25) is 0 Å². The summed E-state index contributed by atoms with van der Waals surface area (Å²) in [7, 11) is 0. The highest BCUT2D eigenvalue weighted by molar-refractivity contribution is 6.00. The number of benzene rings is 5. The van der Waals surface area contributed by atoms with E-state index < -0.39 is 12.1 Å². The molecule has 0 saturated heterocycles. The van der Waals surface area contributed by atoms with E-state index in [1.165, 1.54) is 24.3 Å². The molecule has 0 aliphatic carbocycles. The van der Waals surface area contributed by atoms with E-state index in [-0.39, 0.29) is 24.7 Å². The zero-order valence-electron chi connectivity index (χ0n) is 26.2. The molecule has 0 heterocycles. The number of carbonyl (C=O) groups is 1. The molecule has 5 aromatic rings. The van der Waals surface area contributed by atoms with Crippen LogP contribution in [0.15, 0.2) is 139 Å². The molecule has 1 atom stereocenters. The largest absolute Gasteiger partial charge is 0.489 e. The minimum atomic E-state index is -0.484. The number of halogens is 2. The van der Waals surface area contributed by atoms with Crippen molar-refractivity contribution in [1.29, 1.82) is 0 Å². The smallest absolute Gasteiger partial charge is 0.336 e. The van der Waals surface area contributed by atoms with Crippen LogP contribution in [0.4, 0.5) is 14.5 Å². The zero-order chi connectivity index (χ0) is 32.8. The van der Waals surface area contributed by atoms with Gasteiger partial charge >= 0.3 is 5.97 Å².